The summed E-state index contributed by atoms with van der Waals surface area (Å²) >= 11 is 1.57. The fourth-order valence-electron chi connectivity index (χ4n) is 4.46. The van der Waals surface area contributed by atoms with E-state index >= 15 is 0 Å². The predicted octanol–water partition coefficient (Wildman–Crippen LogP) is 5.47. The van der Waals surface area contributed by atoms with Crippen LogP contribution < -0.4 is 9.64 Å². The molecular formula is C32H36N2O5S. The van der Waals surface area contributed by atoms with E-state index in [-0.39, 0.29) is 24.4 Å². The molecule has 4 rings (SSSR count). The molecular weight excluding hydrogens is 524 g/mol. The average molecular weight is 561 g/mol. The summed E-state index contributed by atoms with van der Waals surface area (Å²) in [4.78, 5) is 31.3. The Labute approximate surface area is 240 Å². The van der Waals surface area contributed by atoms with Gasteiger partial charge in [0.1, 0.15) is 12.4 Å². The molecule has 0 bridgehead atoms. The van der Waals surface area contributed by atoms with Crippen molar-refractivity contribution in [2.45, 2.75) is 23.2 Å². The molecule has 0 aliphatic carbocycles. The highest BCUT2D eigenvalue weighted by Gasteiger charge is 2.39. The van der Waals surface area contributed by atoms with Gasteiger partial charge in [-0.25, -0.2) is 4.79 Å². The Morgan fingerprint density at radius 3 is 2.48 bits per heavy atom. The summed E-state index contributed by atoms with van der Waals surface area (Å²) in [5, 5.41) is -0.370. The number of anilines is 1. The summed E-state index contributed by atoms with van der Waals surface area (Å²) in [5.74, 6) is 0.0480. The van der Waals surface area contributed by atoms with Gasteiger partial charge in [-0.05, 0) is 49.4 Å². The van der Waals surface area contributed by atoms with Crippen LogP contribution in [0.25, 0.3) is 6.08 Å². The van der Waals surface area contributed by atoms with E-state index in [1.807, 2.05) is 73.8 Å². The number of para-hydroxylation sites is 1. The standard InChI is InChI=1S/C32H36N2O5S/c1-4-38-29(35)23-39-30-31(25-16-18-26(37-3)19-17-25)40-28-15-9-8-14-27(28)34(32(30)36)22-21-33(2)20-10-13-24-11-6-5-7-12-24/h5-19,30-31H,4,20-23H2,1-3H3. The zero-order chi connectivity index (χ0) is 28.3. The lowest BCUT2D eigenvalue weighted by Crippen LogP contribution is -2.45. The quantitative estimate of drug-likeness (QED) is 0.272. The van der Waals surface area contributed by atoms with Gasteiger partial charge >= 0.3 is 5.97 Å². The van der Waals surface area contributed by atoms with Gasteiger partial charge in [0.05, 0.1) is 24.7 Å². The smallest absolute Gasteiger partial charge is 0.332 e. The number of rotatable bonds is 12. The third-order valence-corrected chi connectivity index (χ3v) is 7.93. The molecule has 1 heterocycles. The molecule has 0 N–H and O–H groups in total. The zero-order valence-electron chi connectivity index (χ0n) is 23.2. The predicted molar refractivity (Wildman–Crippen MR) is 160 cm³/mol. The minimum atomic E-state index is -0.890. The molecule has 0 radical (unpaired) electrons. The maximum Gasteiger partial charge on any atom is 0.332 e. The number of hydrogen-bond donors (Lipinski definition) is 0. The second kappa shape index (κ2) is 14.7. The molecule has 2 atom stereocenters. The van der Waals surface area contributed by atoms with Gasteiger partial charge in [0, 0.05) is 24.5 Å². The Bertz CT molecular complexity index is 1280. The monoisotopic (exact) mass is 560 g/mol. The molecule has 0 fully saturated rings. The number of hydrogen-bond acceptors (Lipinski definition) is 7. The van der Waals surface area contributed by atoms with Gasteiger partial charge in [-0.2, -0.15) is 0 Å². The third-order valence-electron chi connectivity index (χ3n) is 6.56. The van der Waals surface area contributed by atoms with Crippen LogP contribution in [0, 0.1) is 0 Å². The van der Waals surface area contributed by atoms with Crippen molar-refractivity contribution in [2.24, 2.45) is 0 Å². The van der Waals surface area contributed by atoms with Gasteiger partial charge in [0.25, 0.3) is 5.91 Å². The van der Waals surface area contributed by atoms with Crippen LogP contribution in [0.15, 0.2) is 89.8 Å². The maximum atomic E-state index is 14.2. The summed E-state index contributed by atoms with van der Waals surface area (Å²) in [6, 6.07) is 25.7. The summed E-state index contributed by atoms with van der Waals surface area (Å²) in [6.45, 7) is 3.56. The topological polar surface area (TPSA) is 68.3 Å². The number of ether oxygens (including phenoxy) is 3. The van der Waals surface area contributed by atoms with Crippen LogP contribution in [0.5, 0.6) is 5.75 Å². The van der Waals surface area contributed by atoms with Crippen molar-refractivity contribution < 1.29 is 23.8 Å². The number of fused-ring (bicyclic) bond motifs is 1. The van der Waals surface area contributed by atoms with Gasteiger partial charge in [0.15, 0.2) is 6.10 Å². The first-order chi connectivity index (χ1) is 19.5. The van der Waals surface area contributed by atoms with Crippen LogP contribution in [0.3, 0.4) is 0 Å². The lowest BCUT2D eigenvalue weighted by molar-refractivity contribution is -0.152. The lowest BCUT2D eigenvalue weighted by Gasteiger charge is -2.29. The van der Waals surface area contributed by atoms with E-state index in [0.717, 1.165) is 34.0 Å². The minimum absolute atomic E-state index is 0.184. The van der Waals surface area contributed by atoms with Crippen molar-refractivity contribution in [3.05, 3.63) is 96.1 Å². The highest BCUT2D eigenvalue weighted by Crippen LogP contribution is 2.46. The van der Waals surface area contributed by atoms with Crippen LogP contribution in [-0.2, 0) is 19.1 Å². The van der Waals surface area contributed by atoms with Crippen molar-refractivity contribution >= 4 is 35.4 Å². The van der Waals surface area contributed by atoms with Gasteiger partial charge in [-0.15, -0.1) is 11.8 Å². The molecule has 0 aromatic heterocycles. The number of benzene rings is 3. The number of likely N-dealkylation sites (N-methyl/N-ethyl adjacent to an activating group) is 1. The largest absolute Gasteiger partial charge is 0.497 e. The number of methoxy groups -OCH3 is 1. The van der Waals surface area contributed by atoms with Crippen molar-refractivity contribution in [1.82, 2.24) is 4.90 Å². The number of nitrogens with zero attached hydrogens (tertiary/aromatic N) is 2. The third kappa shape index (κ3) is 7.75. The Kier molecular flexibility index (Phi) is 10.8. The molecule has 210 valence electrons. The van der Waals surface area contributed by atoms with Crippen molar-refractivity contribution in [1.29, 1.82) is 0 Å². The number of thioether (sulfide) groups is 1. The van der Waals surface area contributed by atoms with Crippen molar-refractivity contribution in [2.75, 3.05) is 51.9 Å². The molecule has 0 spiro atoms. The van der Waals surface area contributed by atoms with Crippen molar-refractivity contribution in [3.63, 3.8) is 0 Å². The SMILES string of the molecule is CCOC(=O)COC1C(=O)N(CCN(C)CC=Cc2ccccc2)c2ccccc2SC1c1ccc(OC)cc1. The Morgan fingerprint density at radius 1 is 1.02 bits per heavy atom. The fraction of sp³-hybridized carbons (Fsp3) is 0.312. The summed E-state index contributed by atoms with van der Waals surface area (Å²) < 4.78 is 16.5. The average Bonchev–Trinajstić information content (AvgIpc) is 3.09. The highest BCUT2D eigenvalue weighted by atomic mass is 32.2. The molecule has 7 nitrogen and oxygen atoms in total. The first-order valence-corrected chi connectivity index (χ1v) is 14.3. The molecule has 1 aliphatic heterocycles. The van der Waals surface area contributed by atoms with Crippen LogP contribution in [0.4, 0.5) is 5.69 Å². The summed E-state index contributed by atoms with van der Waals surface area (Å²) in [6.07, 6.45) is 3.32. The number of amides is 1. The normalized spacial score (nSPS) is 17.1. The second-order valence-electron chi connectivity index (χ2n) is 9.38. The molecule has 1 aliphatic rings. The van der Waals surface area contributed by atoms with Crippen LogP contribution in [-0.4, -0.2) is 69.9 Å². The molecule has 2 unspecified atom stereocenters. The summed E-state index contributed by atoms with van der Waals surface area (Å²) in [7, 11) is 3.65. The van der Waals surface area contributed by atoms with E-state index in [1.54, 1.807) is 30.7 Å². The molecule has 3 aromatic rings. The van der Waals surface area contributed by atoms with Crippen LogP contribution >= 0.6 is 11.8 Å². The zero-order valence-corrected chi connectivity index (χ0v) is 24.0. The Hall–Kier alpha value is -3.59. The highest BCUT2D eigenvalue weighted by molar-refractivity contribution is 7.99. The first kappa shape index (κ1) is 29.4. The lowest BCUT2D eigenvalue weighted by atomic mass is 10.1. The Balaban J connectivity index is 1.56. The van der Waals surface area contributed by atoms with Gasteiger partial charge < -0.3 is 24.0 Å². The number of carbonyl (C=O) groups excluding carboxylic acids is 2. The van der Waals surface area contributed by atoms with Crippen molar-refractivity contribution in [3.8, 4) is 5.75 Å². The molecule has 40 heavy (non-hydrogen) atoms. The first-order valence-electron chi connectivity index (χ1n) is 13.4. The maximum absolute atomic E-state index is 14.2. The Morgan fingerprint density at radius 2 is 1.75 bits per heavy atom. The molecule has 0 saturated carbocycles. The number of carbonyl (C=O) groups is 2. The minimum Gasteiger partial charge on any atom is -0.497 e. The molecule has 8 heteroatoms. The second-order valence-corrected chi connectivity index (χ2v) is 10.6. The van der Waals surface area contributed by atoms with Gasteiger partial charge in [-0.1, -0.05) is 66.7 Å². The van der Waals surface area contributed by atoms with Gasteiger partial charge in [0.2, 0.25) is 0 Å². The van der Waals surface area contributed by atoms with Crippen LogP contribution in [0.1, 0.15) is 23.3 Å². The van der Waals surface area contributed by atoms with E-state index in [9.17, 15) is 9.59 Å². The molecule has 0 saturated heterocycles. The van der Waals surface area contributed by atoms with E-state index in [0.29, 0.717) is 13.1 Å². The summed E-state index contributed by atoms with van der Waals surface area (Å²) in [5.41, 5.74) is 2.90. The van der Waals surface area contributed by atoms with Gasteiger partial charge in [-0.3, -0.25) is 4.79 Å². The van der Waals surface area contributed by atoms with Crippen LogP contribution in [0.2, 0.25) is 0 Å². The van der Waals surface area contributed by atoms with E-state index in [2.05, 4.69) is 29.2 Å². The van der Waals surface area contributed by atoms with E-state index in [1.165, 1.54) is 0 Å². The molecule has 3 aromatic carbocycles. The van der Waals surface area contributed by atoms with E-state index < -0.39 is 12.1 Å². The molecule has 1 amide bonds. The fourth-order valence-corrected chi connectivity index (χ4v) is 5.80. The number of esters is 1. The van der Waals surface area contributed by atoms with E-state index in [4.69, 9.17) is 14.2 Å².